The Morgan fingerprint density at radius 3 is 3.14 bits per heavy atom. The number of aryl methyl sites for hydroxylation is 1. The largest absolute Gasteiger partial charge is 0.379 e. The van der Waals surface area contributed by atoms with Crippen LogP contribution in [-0.4, -0.2) is 21.0 Å². The van der Waals surface area contributed by atoms with Gasteiger partial charge in [0.15, 0.2) is 0 Å². The molecule has 2 aromatic rings. The van der Waals surface area contributed by atoms with Crippen molar-refractivity contribution in [1.82, 2.24) is 9.55 Å². The first-order chi connectivity index (χ1) is 10.7. The summed E-state index contributed by atoms with van der Waals surface area (Å²) in [6.07, 6.45) is 7.68. The monoisotopic (exact) mass is 300 g/mol. The molecular weight excluding hydrogens is 280 g/mol. The molecule has 116 valence electrons. The molecule has 0 saturated heterocycles. The van der Waals surface area contributed by atoms with Crippen LogP contribution in [-0.2, 0) is 6.42 Å². The van der Waals surface area contributed by atoms with E-state index in [4.69, 9.17) is 0 Å². The molecule has 1 aliphatic rings. The van der Waals surface area contributed by atoms with Crippen LogP contribution in [0.2, 0.25) is 0 Å². The van der Waals surface area contributed by atoms with Crippen molar-refractivity contribution in [3.63, 3.8) is 0 Å². The summed E-state index contributed by atoms with van der Waals surface area (Å²) in [4.78, 5) is 15.2. The van der Waals surface area contributed by atoms with Crippen LogP contribution in [0.25, 0.3) is 0 Å². The van der Waals surface area contributed by atoms with E-state index in [0.717, 1.165) is 37.8 Å². The number of fused-ring (bicyclic) bond motifs is 1. The number of nitrogens with one attached hydrogen (secondary N) is 1. The van der Waals surface area contributed by atoms with Gasteiger partial charge in [-0.3, -0.25) is 10.1 Å². The molecule has 22 heavy (non-hydrogen) atoms. The number of unbranched alkanes of at least 4 members (excludes halogenated alkanes) is 1. The van der Waals surface area contributed by atoms with Crippen LogP contribution < -0.4 is 5.32 Å². The molecule has 0 fully saturated rings. The second-order valence-electron chi connectivity index (χ2n) is 5.66. The lowest BCUT2D eigenvalue weighted by atomic mass is 10.0. The normalized spacial score (nSPS) is 16.5. The van der Waals surface area contributed by atoms with Gasteiger partial charge in [-0.2, -0.15) is 0 Å². The van der Waals surface area contributed by atoms with Crippen LogP contribution in [0, 0.1) is 10.1 Å². The maximum absolute atomic E-state index is 11.4. The van der Waals surface area contributed by atoms with E-state index in [1.807, 2.05) is 24.7 Å². The lowest BCUT2D eigenvalue weighted by Crippen LogP contribution is -2.08. The molecule has 0 amide bonds. The van der Waals surface area contributed by atoms with Crippen molar-refractivity contribution in [3.05, 3.63) is 52.1 Å². The van der Waals surface area contributed by atoms with Crippen LogP contribution in [0.4, 0.5) is 11.4 Å². The fraction of sp³-hybridized carbons (Fsp3) is 0.438. The average molecular weight is 300 g/mol. The minimum absolute atomic E-state index is 0.154. The van der Waals surface area contributed by atoms with Crippen LogP contribution in [0.1, 0.15) is 43.5 Å². The molecule has 1 unspecified atom stereocenters. The van der Waals surface area contributed by atoms with E-state index >= 15 is 0 Å². The minimum atomic E-state index is -0.304. The first kappa shape index (κ1) is 14.6. The molecule has 2 heterocycles. The van der Waals surface area contributed by atoms with E-state index in [1.165, 1.54) is 5.69 Å². The molecule has 0 saturated carbocycles. The van der Waals surface area contributed by atoms with Crippen LogP contribution in [0.3, 0.4) is 0 Å². The quantitative estimate of drug-likeness (QED) is 0.503. The summed E-state index contributed by atoms with van der Waals surface area (Å²) < 4.78 is 2.11. The Morgan fingerprint density at radius 1 is 1.50 bits per heavy atom. The van der Waals surface area contributed by atoms with Crippen LogP contribution >= 0.6 is 0 Å². The Kier molecular flexibility index (Phi) is 4.09. The van der Waals surface area contributed by atoms with E-state index < -0.39 is 0 Å². The zero-order chi connectivity index (χ0) is 15.5. The van der Waals surface area contributed by atoms with Gasteiger partial charge in [0.25, 0.3) is 5.69 Å². The van der Waals surface area contributed by atoms with Gasteiger partial charge < -0.3 is 9.88 Å². The highest BCUT2D eigenvalue weighted by Gasteiger charge is 2.25. The summed E-state index contributed by atoms with van der Waals surface area (Å²) in [6, 6.07) is 5.67. The zero-order valence-corrected chi connectivity index (χ0v) is 12.7. The highest BCUT2D eigenvalue weighted by molar-refractivity contribution is 5.63. The third-order valence-electron chi connectivity index (χ3n) is 4.21. The summed E-state index contributed by atoms with van der Waals surface area (Å²) >= 11 is 0. The van der Waals surface area contributed by atoms with Crippen LogP contribution in [0.5, 0.6) is 0 Å². The third-order valence-corrected chi connectivity index (χ3v) is 4.21. The number of rotatable bonds is 6. The predicted octanol–water partition coefficient (Wildman–Crippen LogP) is 3.54. The number of aromatic nitrogens is 2. The molecule has 0 bridgehead atoms. The van der Waals surface area contributed by atoms with Crippen LogP contribution in [0.15, 0.2) is 30.7 Å². The predicted molar refractivity (Wildman–Crippen MR) is 85.2 cm³/mol. The standard InChI is InChI=1S/C16H20N4O2/c1-2-3-8-18-14-6-4-12(9-16(14)20(21)22)15-7-5-13-10-17-11-19(13)15/h4,6,9-11,15,18H,2-3,5,7-8H2,1H3. The summed E-state index contributed by atoms with van der Waals surface area (Å²) in [6.45, 7) is 2.85. The number of nitro groups is 1. The van der Waals surface area contributed by atoms with Gasteiger partial charge in [0, 0.05) is 24.5 Å². The molecule has 1 N–H and O–H groups in total. The molecule has 0 radical (unpaired) electrons. The molecule has 6 heteroatoms. The minimum Gasteiger partial charge on any atom is -0.379 e. The van der Waals surface area contributed by atoms with E-state index in [2.05, 4.69) is 21.8 Å². The van der Waals surface area contributed by atoms with Crippen molar-refractivity contribution < 1.29 is 4.92 Å². The fourth-order valence-electron chi connectivity index (χ4n) is 3.01. The van der Waals surface area contributed by atoms with E-state index in [-0.39, 0.29) is 16.7 Å². The summed E-state index contributed by atoms with van der Waals surface area (Å²) in [5.74, 6) is 0. The number of benzene rings is 1. The molecule has 1 aromatic heterocycles. The van der Waals surface area contributed by atoms with Crippen molar-refractivity contribution in [2.24, 2.45) is 0 Å². The van der Waals surface area contributed by atoms with Gasteiger partial charge in [0.1, 0.15) is 5.69 Å². The van der Waals surface area contributed by atoms with E-state index in [0.29, 0.717) is 5.69 Å². The summed E-state index contributed by atoms with van der Waals surface area (Å²) in [5.41, 5.74) is 2.93. The van der Waals surface area contributed by atoms with Crippen molar-refractivity contribution in [2.75, 3.05) is 11.9 Å². The van der Waals surface area contributed by atoms with Crippen molar-refractivity contribution in [1.29, 1.82) is 0 Å². The lowest BCUT2D eigenvalue weighted by molar-refractivity contribution is -0.384. The molecule has 1 atom stereocenters. The fourth-order valence-corrected chi connectivity index (χ4v) is 3.01. The van der Waals surface area contributed by atoms with Gasteiger partial charge in [-0.25, -0.2) is 4.98 Å². The molecule has 1 aliphatic heterocycles. The smallest absolute Gasteiger partial charge is 0.292 e. The molecule has 3 rings (SSSR count). The summed E-state index contributed by atoms with van der Waals surface area (Å²) in [7, 11) is 0. The van der Waals surface area contributed by atoms with Gasteiger partial charge >= 0.3 is 0 Å². The molecule has 0 aliphatic carbocycles. The molecule has 0 spiro atoms. The van der Waals surface area contributed by atoms with Crippen molar-refractivity contribution >= 4 is 11.4 Å². The Balaban J connectivity index is 1.88. The Hall–Kier alpha value is -2.37. The number of nitro benzene ring substituents is 1. The average Bonchev–Trinajstić information content (AvgIpc) is 3.10. The number of imidazole rings is 1. The third kappa shape index (κ3) is 2.68. The van der Waals surface area contributed by atoms with E-state index in [1.54, 1.807) is 6.07 Å². The van der Waals surface area contributed by atoms with Crippen molar-refractivity contribution in [3.8, 4) is 0 Å². The number of hydrogen-bond acceptors (Lipinski definition) is 4. The number of nitrogens with zero attached hydrogens (tertiary/aromatic N) is 3. The molecule has 6 nitrogen and oxygen atoms in total. The Bertz CT molecular complexity index is 681. The second-order valence-corrected chi connectivity index (χ2v) is 5.66. The zero-order valence-electron chi connectivity index (χ0n) is 12.7. The number of hydrogen-bond donors (Lipinski definition) is 1. The van der Waals surface area contributed by atoms with Gasteiger partial charge in [0.2, 0.25) is 0 Å². The highest BCUT2D eigenvalue weighted by atomic mass is 16.6. The first-order valence-electron chi connectivity index (χ1n) is 7.73. The topological polar surface area (TPSA) is 73.0 Å². The number of anilines is 1. The first-order valence-corrected chi connectivity index (χ1v) is 7.73. The SMILES string of the molecule is CCCCNc1ccc(C2CCc3cncn32)cc1[N+](=O)[O-]. The second kappa shape index (κ2) is 6.17. The highest BCUT2D eigenvalue weighted by Crippen LogP contribution is 2.35. The van der Waals surface area contributed by atoms with E-state index in [9.17, 15) is 10.1 Å². The Morgan fingerprint density at radius 2 is 2.36 bits per heavy atom. The molecule has 1 aromatic carbocycles. The lowest BCUT2D eigenvalue weighted by Gasteiger charge is -2.14. The maximum Gasteiger partial charge on any atom is 0.292 e. The van der Waals surface area contributed by atoms with Gasteiger partial charge in [-0.1, -0.05) is 19.4 Å². The molecular formula is C16H20N4O2. The van der Waals surface area contributed by atoms with Gasteiger partial charge in [-0.05, 0) is 30.9 Å². The summed E-state index contributed by atoms with van der Waals surface area (Å²) in [5, 5.41) is 14.5. The maximum atomic E-state index is 11.4. The van der Waals surface area contributed by atoms with Crippen molar-refractivity contribution in [2.45, 2.75) is 38.6 Å². The van der Waals surface area contributed by atoms with Gasteiger partial charge in [0.05, 0.1) is 17.3 Å². The Labute approximate surface area is 129 Å². The van der Waals surface area contributed by atoms with Gasteiger partial charge in [-0.15, -0.1) is 0 Å².